The Morgan fingerprint density at radius 1 is 1.67 bits per heavy atom. The van der Waals surface area contributed by atoms with E-state index in [4.69, 9.17) is 9.47 Å². The Hall–Kier alpha value is -1.20. The van der Waals surface area contributed by atoms with Gasteiger partial charge in [-0.25, -0.2) is 0 Å². The van der Waals surface area contributed by atoms with Gasteiger partial charge in [-0.3, -0.25) is 0 Å². The molecule has 15 heavy (non-hydrogen) atoms. The first-order valence-corrected chi connectivity index (χ1v) is 5.35. The SMILES string of the molecule is CC#CCOC(/C=C/C)C1=CCCCO1. The zero-order chi connectivity index (χ0) is 10.9. The fourth-order valence-corrected chi connectivity index (χ4v) is 1.39. The lowest BCUT2D eigenvalue weighted by molar-refractivity contribution is 0.0668. The molecule has 0 saturated carbocycles. The van der Waals surface area contributed by atoms with Gasteiger partial charge in [0.1, 0.15) is 18.5 Å². The average molecular weight is 206 g/mol. The maximum absolute atomic E-state index is 5.61. The molecule has 0 spiro atoms. The highest BCUT2D eigenvalue weighted by Gasteiger charge is 2.14. The lowest BCUT2D eigenvalue weighted by atomic mass is 10.1. The van der Waals surface area contributed by atoms with Crippen molar-refractivity contribution in [1.29, 1.82) is 0 Å². The molecule has 0 amide bonds. The lowest BCUT2D eigenvalue weighted by Gasteiger charge is -2.20. The summed E-state index contributed by atoms with van der Waals surface area (Å²) < 4.78 is 11.2. The summed E-state index contributed by atoms with van der Waals surface area (Å²) in [5.74, 6) is 6.62. The molecule has 0 aliphatic carbocycles. The maximum atomic E-state index is 5.61. The number of ether oxygens (including phenoxy) is 2. The van der Waals surface area contributed by atoms with Gasteiger partial charge in [-0.2, -0.15) is 0 Å². The van der Waals surface area contributed by atoms with Crippen LogP contribution in [0.4, 0.5) is 0 Å². The van der Waals surface area contributed by atoms with Crippen LogP contribution in [0.3, 0.4) is 0 Å². The molecule has 0 fully saturated rings. The van der Waals surface area contributed by atoms with Crippen molar-refractivity contribution in [2.75, 3.05) is 13.2 Å². The predicted octanol–water partition coefficient (Wildman–Crippen LogP) is 2.67. The molecule has 1 unspecified atom stereocenters. The second kappa shape index (κ2) is 7.14. The van der Waals surface area contributed by atoms with E-state index in [0.717, 1.165) is 25.2 Å². The number of rotatable bonds is 4. The molecule has 1 aliphatic rings. The Balaban J connectivity index is 2.54. The van der Waals surface area contributed by atoms with Crippen molar-refractivity contribution in [3.8, 4) is 11.8 Å². The van der Waals surface area contributed by atoms with E-state index in [0.29, 0.717) is 6.61 Å². The van der Waals surface area contributed by atoms with Crippen LogP contribution in [-0.2, 0) is 9.47 Å². The molecular weight excluding hydrogens is 188 g/mol. The summed E-state index contributed by atoms with van der Waals surface area (Å²) in [6.07, 6.45) is 8.17. The monoisotopic (exact) mass is 206 g/mol. The van der Waals surface area contributed by atoms with Gasteiger partial charge >= 0.3 is 0 Å². The molecule has 2 nitrogen and oxygen atoms in total. The molecule has 0 bridgehead atoms. The van der Waals surface area contributed by atoms with E-state index in [1.807, 2.05) is 26.0 Å². The molecule has 0 radical (unpaired) electrons. The third-order valence-corrected chi connectivity index (χ3v) is 2.12. The van der Waals surface area contributed by atoms with Gasteiger partial charge in [0.2, 0.25) is 0 Å². The third-order valence-electron chi connectivity index (χ3n) is 2.12. The van der Waals surface area contributed by atoms with Crippen LogP contribution in [0.1, 0.15) is 26.7 Å². The summed E-state index contributed by atoms with van der Waals surface area (Å²) in [7, 11) is 0. The smallest absolute Gasteiger partial charge is 0.134 e. The summed E-state index contributed by atoms with van der Waals surface area (Å²) in [6, 6.07) is 0. The van der Waals surface area contributed by atoms with E-state index in [2.05, 4.69) is 17.9 Å². The number of hydrogen-bond donors (Lipinski definition) is 0. The van der Waals surface area contributed by atoms with E-state index in [-0.39, 0.29) is 6.10 Å². The number of hydrogen-bond acceptors (Lipinski definition) is 2. The van der Waals surface area contributed by atoms with Gasteiger partial charge in [0.15, 0.2) is 0 Å². The first-order chi connectivity index (χ1) is 7.38. The first kappa shape index (κ1) is 11.9. The van der Waals surface area contributed by atoms with Gasteiger partial charge in [0.05, 0.1) is 6.61 Å². The molecule has 0 aromatic heterocycles. The highest BCUT2D eigenvalue weighted by atomic mass is 16.5. The second-order valence-electron chi connectivity index (χ2n) is 3.28. The van der Waals surface area contributed by atoms with Crippen LogP contribution in [0.5, 0.6) is 0 Å². The average Bonchev–Trinajstić information content (AvgIpc) is 2.29. The summed E-state index contributed by atoms with van der Waals surface area (Å²) >= 11 is 0. The van der Waals surface area contributed by atoms with Crippen LogP contribution in [0.15, 0.2) is 24.0 Å². The van der Waals surface area contributed by atoms with Crippen molar-refractivity contribution >= 4 is 0 Å². The molecule has 82 valence electrons. The minimum absolute atomic E-state index is 0.0730. The van der Waals surface area contributed by atoms with Gasteiger partial charge < -0.3 is 9.47 Å². The van der Waals surface area contributed by atoms with Crippen LogP contribution < -0.4 is 0 Å². The summed E-state index contributed by atoms with van der Waals surface area (Å²) in [5.41, 5.74) is 0. The van der Waals surface area contributed by atoms with Gasteiger partial charge in [-0.05, 0) is 32.8 Å². The van der Waals surface area contributed by atoms with E-state index in [1.54, 1.807) is 0 Å². The van der Waals surface area contributed by atoms with Crippen LogP contribution in [0, 0.1) is 11.8 Å². The van der Waals surface area contributed by atoms with Crippen LogP contribution >= 0.6 is 0 Å². The van der Waals surface area contributed by atoms with Crippen molar-refractivity contribution in [1.82, 2.24) is 0 Å². The molecule has 0 aromatic rings. The van der Waals surface area contributed by atoms with Crippen molar-refractivity contribution in [2.24, 2.45) is 0 Å². The van der Waals surface area contributed by atoms with Gasteiger partial charge in [0.25, 0.3) is 0 Å². The molecule has 2 heteroatoms. The normalized spacial score (nSPS) is 17.6. The van der Waals surface area contributed by atoms with E-state index < -0.39 is 0 Å². The van der Waals surface area contributed by atoms with Crippen molar-refractivity contribution in [3.63, 3.8) is 0 Å². The van der Waals surface area contributed by atoms with Crippen molar-refractivity contribution in [3.05, 3.63) is 24.0 Å². The standard InChI is InChI=1S/C13H18O2/c1-3-5-10-14-12(8-4-2)13-9-6-7-11-15-13/h4,8-9,12H,6-7,10-11H2,1-2H3/b8-4+. The fraction of sp³-hybridized carbons (Fsp3) is 0.538. The molecule has 0 N–H and O–H groups in total. The second-order valence-corrected chi connectivity index (χ2v) is 3.28. The molecule has 1 aliphatic heterocycles. The Morgan fingerprint density at radius 3 is 3.13 bits per heavy atom. The third kappa shape index (κ3) is 4.22. The van der Waals surface area contributed by atoms with E-state index in [1.165, 1.54) is 0 Å². The van der Waals surface area contributed by atoms with Crippen LogP contribution in [0.25, 0.3) is 0 Å². The zero-order valence-electron chi connectivity index (χ0n) is 9.45. The van der Waals surface area contributed by atoms with E-state index >= 15 is 0 Å². The molecule has 1 rings (SSSR count). The van der Waals surface area contributed by atoms with Gasteiger partial charge in [-0.1, -0.05) is 18.1 Å². The molecule has 1 heterocycles. The largest absolute Gasteiger partial charge is 0.495 e. The molecule has 0 saturated heterocycles. The zero-order valence-corrected chi connectivity index (χ0v) is 9.45. The molecule has 1 atom stereocenters. The summed E-state index contributed by atoms with van der Waals surface area (Å²) in [4.78, 5) is 0. The predicted molar refractivity (Wildman–Crippen MR) is 61.3 cm³/mol. The molecule has 0 aromatic carbocycles. The van der Waals surface area contributed by atoms with E-state index in [9.17, 15) is 0 Å². The fourth-order valence-electron chi connectivity index (χ4n) is 1.39. The topological polar surface area (TPSA) is 18.5 Å². The molecular formula is C13H18O2. The summed E-state index contributed by atoms with van der Waals surface area (Å²) in [5, 5.41) is 0. The highest BCUT2D eigenvalue weighted by Crippen LogP contribution is 2.17. The lowest BCUT2D eigenvalue weighted by Crippen LogP contribution is -2.18. The maximum Gasteiger partial charge on any atom is 0.134 e. The Morgan fingerprint density at radius 2 is 2.53 bits per heavy atom. The van der Waals surface area contributed by atoms with Crippen LogP contribution in [-0.4, -0.2) is 19.3 Å². The Bertz CT molecular complexity index is 291. The quantitative estimate of drug-likeness (QED) is 0.520. The van der Waals surface area contributed by atoms with Crippen molar-refractivity contribution in [2.45, 2.75) is 32.8 Å². The summed E-state index contributed by atoms with van der Waals surface area (Å²) in [6.45, 7) is 5.03. The Labute approximate surface area is 92.0 Å². The minimum Gasteiger partial charge on any atom is -0.495 e. The minimum atomic E-state index is -0.0730. The number of allylic oxidation sites excluding steroid dienone is 2. The highest BCUT2D eigenvalue weighted by molar-refractivity contribution is 5.11. The Kier molecular flexibility index (Phi) is 5.65. The first-order valence-electron chi connectivity index (χ1n) is 5.35. The van der Waals surface area contributed by atoms with Crippen LogP contribution in [0.2, 0.25) is 0 Å². The van der Waals surface area contributed by atoms with Gasteiger partial charge in [0, 0.05) is 0 Å². The van der Waals surface area contributed by atoms with Crippen molar-refractivity contribution < 1.29 is 9.47 Å². The van der Waals surface area contributed by atoms with Gasteiger partial charge in [-0.15, -0.1) is 5.92 Å².